The second-order valence-corrected chi connectivity index (χ2v) is 2.73. The number of hydrogen-bond acceptors (Lipinski definition) is 5. The first-order valence-electron chi connectivity index (χ1n) is 4.02. The number of aromatic nitrogens is 3. The van der Waals surface area contributed by atoms with Crippen molar-refractivity contribution in [3.05, 3.63) is 18.5 Å². The van der Waals surface area contributed by atoms with Gasteiger partial charge < -0.3 is 14.4 Å². The van der Waals surface area contributed by atoms with Crippen LogP contribution < -0.4 is 4.74 Å². The Kier molecular flexibility index (Phi) is 2.13. The van der Waals surface area contributed by atoms with Gasteiger partial charge in [0.2, 0.25) is 5.88 Å². The average Bonchev–Trinajstić information content (AvgIpc) is 2.76. The van der Waals surface area contributed by atoms with Crippen LogP contribution in [-0.4, -0.2) is 26.2 Å². The van der Waals surface area contributed by atoms with Crippen LogP contribution in [-0.2, 0) is 7.05 Å². The number of carboxylic acid groups (broad SMARTS) is 1. The fraction of sp³-hybridized carbons (Fsp3) is 0.125. The van der Waals surface area contributed by atoms with E-state index in [2.05, 4.69) is 15.0 Å². The van der Waals surface area contributed by atoms with Crippen molar-refractivity contribution < 1.29 is 19.2 Å². The normalized spacial score (nSPS) is 10.2. The summed E-state index contributed by atoms with van der Waals surface area (Å²) >= 11 is 0. The SMILES string of the molecule is Cn1ncc(-c2ccno2)c1OC(=O)O. The molecule has 2 heterocycles. The van der Waals surface area contributed by atoms with E-state index in [0.717, 1.165) is 0 Å². The fourth-order valence-corrected chi connectivity index (χ4v) is 1.15. The Morgan fingerprint density at radius 1 is 1.67 bits per heavy atom. The summed E-state index contributed by atoms with van der Waals surface area (Å²) in [7, 11) is 1.57. The van der Waals surface area contributed by atoms with Gasteiger partial charge in [-0.1, -0.05) is 5.16 Å². The lowest BCUT2D eigenvalue weighted by Gasteiger charge is -2.00. The molecule has 0 saturated heterocycles. The first-order chi connectivity index (χ1) is 7.18. The van der Waals surface area contributed by atoms with Crippen LogP contribution in [0.2, 0.25) is 0 Å². The van der Waals surface area contributed by atoms with Gasteiger partial charge in [-0.05, 0) is 0 Å². The number of nitrogens with zero attached hydrogens (tertiary/aromatic N) is 3. The average molecular weight is 209 g/mol. The van der Waals surface area contributed by atoms with E-state index in [-0.39, 0.29) is 5.88 Å². The summed E-state index contributed by atoms with van der Waals surface area (Å²) in [6, 6.07) is 1.59. The van der Waals surface area contributed by atoms with E-state index >= 15 is 0 Å². The summed E-state index contributed by atoms with van der Waals surface area (Å²) in [5.41, 5.74) is 0.442. The van der Waals surface area contributed by atoms with Crippen molar-refractivity contribution in [1.82, 2.24) is 14.9 Å². The van der Waals surface area contributed by atoms with E-state index in [9.17, 15) is 4.79 Å². The van der Waals surface area contributed by atoms with Crippen LogP contribution >= 0.6 is 0 Å². The van der Waals surface area contributed by atoms with E-state index in [0.29, 0.717) is 11.3 Å². The summed E-state index contributed by atoms with van der Waals surface area (Å²) in [6.45, 7) is 0. The van der Waals surface area contributed by atoms with Gasteiger partial charge >= 0.3 is 6.16 Å². The Balaban J connectivity index is 2.44. The van der Waals surface area contributed by atoms with Crippen LogP contribution in [0, 0.1) is 0 Å². The molecule has 0 spiro atoms. The third-order valence-corrected chi connectivity index (χ3v) is 1.77. The molecule has 0 atom stereocenters. The molecule has 15 heavy (non-hydrogen) atoms. The van der Waals surface area contributed by atoms with Crippen LogP contribution in [0.4, 0.5) is 4.79 Å². The zero-order chi connectivity index (χ0) is 10.8. The second kappa shape index (κ2) is 3.45. The van der Waals surface area contributed by atoms with Gasteiger partial charge in [0.15, 0.2) is 5.76 Å². The number of hydrogen-bond donors (Lipinski definition) is 1. The van der Waals surface area contributed by atoms with Gasteiger partial charge in [-0.25, -0.2) is 9.48 Å². The minimum Gasteiger partial charge on any atom is -0.449 e. The molecule has 0 aliphatic heterocycles. The largest absolute Gasteiger partial charge is 0.512 e. The molecule has 0 fully saturated rings. The van der Waals surface area contributed by atoms with Gasteiger partial charge in [-0.3, -0.25) is 0 Å². The monoisotopic (exact) mass is 209 g/mol. The molecule has 0 aliphatic carbocycles. The highest BCUT2D eigenvalue weighted by Crippen LogP contribution is 2.28. The molecule has 7 heteroatoms. The van der Waals surface area contributed by atoms with Crippen molar-refractivity contribution in [1.29, 1.82) is 0 Å². The van der Waals surface area contributed by atoms with E-state index in [1.165, 1.54) is 17.1 Å². The highest BCUT2D eigenvalue weighted by atomic mass is 16.7. The van der Waals surface area contributed by atoms with E-state index in [4.69, 9.17) is 9.63 Å². The number of carbonyl (C=O) groups is 1. The third kappa shape index (κ3) is 1.66. The van der Waals surface area contributed by atoms with E-state index < -0.39 is 6.16 Å². The van der Waals surface area contributed by atoms with E-state index in [1.54, 1.807) is 13.1 Å². The Labute approximate surface area is 83.9 Å². The van der Waals surface area contributed by atoms with Gasteiger partial charge in [-0.2, -0.15) is 5.10 Å². The summed E-state index contributed by atoms with van der Waals surface area (Å²) < 4.78 is 10.7. The molecule has 7 nitrogen and oxygen atoms in total. The van der Waals surface area contributed by atoms with Crippen LogP contribution in [0.5, 0.6) is 5.88 Å². The van der Waals surface area contributed by atoms with Crippen molar-refractivity contribution in [2.75, 3.05) is 0 Å². The standard InChI is InChI=1S/C8H7N3O4/c1-11-7(14-8(12)13)5(4-9-11)6-2-3-10-15-6/h2-4H,1H3,(H,12,13). The van der Waals surface area contributed by atoms with E-state index in [1.807, 2.05) is 0 Å². The second-order valence-electron chi connectivity index (χ2n) is 2.73. The molecule has 0 amide bonds. The summed E-state index contributed by atoms with van der Waals surface area (Å²) in [6.07, 6.45) is 1.49. The van der Waals surface area contributed by atoms with Crippen molar-refractivity contribution in [3.8, 4) is 17.2 Å². The van der Waals surface area contributed by atoms with Crippen molar-refractivity contribution in [3.63, 3.8) is 0 Å². The minimum atomic E-state index is -1.40. The zero-order valence-electron chi connectivity index (χ0n) is 7.75. The lowest BCUT2D eigenvalue weighted by atomic mass is 10.3. The molecule has 0 radical (unpaired) electrons. The molecule has 0 aromatic carbocycles. The first-order valence-corrected chi connectivity index (χ1v) is 4.02. The minimum absolute atomic E-state index is 0.0965. The molecule has 0 unspecified atom stereocenters. The summed E-state index contributed by atoms with van der Waals surface area (Å²) in [5.74, 6) is 0.499. The topological polar surface area (TPSA) is 90.4 Å². The molecule has 78 valence electrons. The molecule has 2 aromatic rings. The van der Waals surface area contributed by atoms with Crippen LogP contribution in [0.1, 0.15) is 0 Å². The summed E-state index contributed by atoms with van der Waals surface area (Å²) in [4.78, 5) is 10.4. The molecule has 2 aromatic heterocycles. The van der Waals surface area contributed by atoms with Crippen LogP contribution in [0.15, 0.2) is 23.0 Å². The van der Waals surface area contributed by atoms with Crippen molar-refractivity contribution in [2.45, 2.75) is 0 Å². The maximum Gasteiger partial charge on any atom is 0.512 e. The molecular formula is C8H7N3O4. The van der Waals surface area contributed by atoms with Gasteiger partial charge in [0.25, 0.3) is 0 Å². The van der Waals surface area contributed by atoms with Gasteiger partial charge in [-0.15, -0.1) is 0 Å². The number of rotatable bonds is 2. The Hall–Kier alpha value is -2.31. The van der Waals surface area contributed by atoms with Gasteiger partial charge in [0.05, 0.1) is 12.4 Å². The first kappa shape index (κ1) is 9.25. The van der Waals surface area contributed by atoms with Crippen molar-refractivity contribution in [2.24, 2.45) is 7.05 Å². The maximum atomic E-state index is 10.4. The van der Waals surface area contributed by atoms with Crippen molar-refractivity contribution >= 4 is 6.16 Å². The fourth-order valence-electron chi connectivity index (χ4n) is 1.15. The molecule has 2 rings (SSSR count). The molecule has 1 N–H and O–H groups in total. The quantitative estimate of drug-likeness (QED) is 0.745. The van der Waals surface area contributed by atoms with Crippen LogP contribution in [0.3, 0.4) is 0 Å². The lowest BCUT2D eigenvalue weighted by Crippen LogP contribution is -2.07. The molecule has 0 saturated carbocycles. The molecule has 0 bridgehead atoms. The Morgan fingerprint density at radius 2 is 2.47 bits per heavy atom. The Bertz CT molecular complexity index is 474. The van der Waals surface area contributed by atoms with Gasteiger partial charge in [0.1, 0.15) is 5.56 Å². The number of aryl methyl sites for hydroxylation is 1. The summed E-state index contributed by atoms with van der Waals surface area (Å²) in [5, 5.41) is 15.9. The predicted octanol–water partition coefficient (Wildman–Crippen LogP) is 1.13. The zero-order valence-corrected chi connectivity index (χ0v) is 7.75. The molecule has 0 aliphatic rings. The van der Waals surface area contributed by atoms with Crippen LogP contribution in [0.25, 0.3) is 11.3 Å². The number of ether oxygens (including phenoxy) is 1. The lowest BCUT2D eigenvalue weighted by molar-refractivity contribution is 0.140. The third-order valence-electron chi connectivity index (χ3n) is 1.77. The predicted molar refractivity (Wildman–Crippen MR) is 47.4 cm³/mol. The highest BCUT2D eigenvalue weighted by Gasteiger charge is 2.17. The highest BCUT2D eigenvalue weighted by molar-refractivity contribution is 5.68. The van der Waals surface area contributed by atoms with Gasteiger partial charge in [0, 0.05) is 13.1 Å². The maximum absolute atomic E-state index is 10.4. The Morgan fingerprint density at radius 3 is 3.07 bits per heavy atom. The smallest absolute Gasteiger partial charge is 0.449 e. The molecular weight excluding hydrogens is 202 g/mol.